The lowest BCUT2D eigenvalue weighted by Crippen LogP contribution is -2.15. The summed E-state index contributed by atoms with van der Waals surface area (Å²) in [6, 6.07) is 11.7. The molecule has 0 aliphatic carbocycles. The molecule has 168 valence electrons. The first-order chi connectivity index (χ1) is 15.3. The summed E-state index contributed by atoms with van der Waals surface area (Å²) in [6.07, 6.45) is -0.313. The van der Waals surface area contributed by atoms with Gasteiger partial charge in [-0.2, -0.15) is 0 Å². The Morgan fingerprint density at radius 2 is 1.94 bits per heavy atom. The molecule has 0 radical (unpaired) electrons. The molecule has 10 heteroatoms. The zero-order valence-corrected chi connectivity index (χ0v) is 19.2. The van der Waals surface area contributed by atoms with Crippen molar-refractivity contribution in [1.29, 1.82) is 0 Å². The van der Waals surface area contributed by atoms with Gasteiger partial charge in [0.2, 0.25) is 5.91 Å². The summed E-state index contributed by atoms with van der Waals surface area (Å²) in [5.74, 6) is 1.37. The Morgan fingerprint density at radius 3 is 2.56 bits per heavy atom. The molecule has 3 aromatic rings. The fourth-order valence-corrected chi connectivity index (χ4v) is 3.98. The summed E-state index contributed by atoms with van der Waals surface area (Å²) in [5.41, 5.74) is 2.69. The third-order valence-corrected chi connectivity index (χ3v) is 5.72. The van der Waals surface area contributed by atoms with Crippen molar-refractivity contribution >= 4 is 29.0 Å². The molecule has 0 spiro atoms. The van der Waals surface area contributed by atoms with Crippen LogP contribution >= 0.6 is 11.8 Å². The van der Waals surface area contributed by atoms with Gasteiger partial charge < -0.3 is 14.6 Å². The van der Waals surface area contributed by atoms with Crippen molar-refractivity contribution in [2.45, 2.75) is 45.5 Å². The molecule has 0 fully saturated rings. The number of aromatic nitrogens is 3. The number of rotatable bonds is 9. The van der Waals surface area contributed by atoms with Gasteiger partial charge >= 0.3 is 0 Å². The van der Waals surface area contributed by atoms with Gasteiger partial charge in [0.15, 0.2) is 17.1 Å². The molecule has 32 heavy (non-hydrogen) atoms. The molecule has 1 atom stereocenters. The summed E-state index contributed by atoms with van der Waals surface area (Å²) in [4.78, 5) is 22.5. The highest BCUT2D eigenvalue weighted by Crippen LogP contribution is 2.27. The summed E-state index contributed by atoms with van der Waals surface area (Å²) in [7, 11) is 0. The van der Waals surface area contributed by atoms with Crippen LogP contribution in [-0.2, 0) is 11.3 Å². The van der Waals surface area contributed by atoms with Crippen molar-refractivity contribution in [2.75, 3.05) is 11.1 Å². The number of nitrogens with one attached hydrogen (secondary N) is 1. The molecular weight excluding hydrogens is 430 g/mol. The number of nitro groups is 1. The number of hydrogen-bond acceptors (Lipinski definition) is 7. The Balaban J connectivity index is 1.62. The van der Waals surface area contributed by atoms with Crippen molar-refractivity contribution in [3.05, 3.63) is 69.5 Å². The van der Waals surface area contributed by atoms with Crippen LogP contribution in [0.3, 0.4) is 0 Å². The summed E-state index contributed by atoms with van der Waals surface area (Å²) in [6.45, 7) is 8.58. The zero-order chi connectivity index (χ0) is 23.3. The van der Waals surface area contributed by atoms with Crippen LogP contribution in [0, 0.1) is 24.0 Å². The molecule has 2 aromatic carbocycles. The average Bonchev–Trinajstić information content (AvgIpc) is 3.17. The van der Waals surface area contributed by atoms with Gasteiger partial charge in [-0.15, -0.1) is 10.2 Å². The SMILES string of the molecule is CCn1c(SCC(=O)Nc2ccc([N+](=O)[O-])cc2)nnc1C(C)Oc1ccc(C)cc1C. The number of nitro benzene ring substituents is 1. The lowest BCUT2D eigenvalue weighted by Gasteiger charge is -2.17. The predicted molar refractivity (Wildman–Crippen MR) is 123 cm³/mol. The minimum atomic E-state index is -0.485. The van der Waals surface area contributed by atoms with Crippen LogP contribution in [0.2, 0.25) is 0 Å². The van der Waals surface area contributed by atoms with Crippen LogP contribution in [0.15, 0.2) is 47.6 Å². The van der Waals surface area contributed by atoms with E-state index in [1.807, 2.05) is 44.4 Å². The second kappa shape index (κ2) is 10.3. The van der Waals surface area contributed by atoms with Crippen LogP contribution in [0.25, 0.3) is 0 Å². The Labute approximate surface area is 190 Å². The van der Waals surface area contributed by atoms with E-state index in [1.54, 1.807) is 0 Å². The highest BCUT2D eigenvalue weighted by molar-refractivity contribution is 7.99. The molecule has 1 N–H and O–H groups in total. The molecule has 1 amide bonds. The standard InChI is InChI=1S/C22H25N5O4S/c1-5-26-21(16(4)31-19-11-6-14(2)12-15(19)3)24-25-22(26)32-13-20(28)23-17-7-9-18(10-8-17)27(29)30/h6-12,16H,5,13H2,1-4H3,(H,23,28). The quantitative estimate of drug-likeness (QED) is 0.283. The van der Waals surface area contributed by atoms with Gasteiger partial charge in [0.05, 0.1) is 10.7 Å². The number of non-ortho nitro benzene ring substituents is 1. The lowest BCUT2D eigenvalue weighted by atomic mass is 10.1. The smallest absolute Gasteiger partial charge is 0.269 e. The number of carbonyl (C=O) groups is 1. The van der Waals surface area contributed by atoms with Gasteiger partial charge in [-0.1, -0.05) is 29.5 Å². The van der Waals surface area contributed by atoms with E-state index in [0.717, 1.165) is 11.3 Å². The second-order valence-electron chi connectivity index (χ2n) is 7.25. The van der Waals surface area contributed by atoms with E-state index in [-0.39, 0.29) is 23.5 Å². The molecular formula is C22H25N5O4S. The Hall–Kier alpha value is -3.40. The van der Waals surface area contributed by atoms with Gasteiger partial charge in [-0.3, -0.25) is 14.9 Å². The molecule has 0 aliphatic rings. The van der Waals surface area contributed by atoms with Gasteiger partial charge in [-0.05, 0) is 51.5 Å². The third-order valence-electron chi connectivity index (χ3n) is 4.75. The van der Waals surface area contributed by atoms with E-state index >= 15 is 0 Å². The monoisotopic (exact) mass is 455 g/mol. The highest BCUT2D eigenvalue weighted by atomic mass is 32.2. The molecule has 1 unspecified atom stereocenters. The van der Waals surface area contributed by atoms with Crippen molar-refractivity contribution in [3.8, 4) is 5.75 Å². The van der Waals surface area contributed by atoms with Crippen LogP contribution in [0.4, 0.5) is 11.4 Å². The summed E-state index contributed by atoms with van der Waals surface area (Å²) in [5, 5.41) is 22.6. The number of benzene rings is 2. The van der Waals surface area contributed by atoms with Gasteiger partial charge in [-0.25, -0.2) is 0 Å². The van der Waals surface area contributed by atoms with Crippen LogP contribution in [0.1, 0.15) is 36.9 Å². The van der Waals surface area contributed by atoms with Gasteiger partial charge in [0.1, 0.15) is 5.75 Å². The number of ether oxygens (including phenoxy) is 1. The summed E-state index contributed by atoms with van der Waals surface area (Å²) < 4.78 is 8.04. The molecule has 1 heterocycles. The normalized spacial score (nSPS) is 11.8. The lowest BCUT2D eigenvalue weighted by molar-refractivity contribution is -0.384. The van der Waals surface area contributed by atoms with Gasteiger partial charge in [0, 0.05) is 24.4 Å². The third kappa shape index (κ3) is 5.64. The zero-order valence-electron chi connectivity index (χ0n) is 18.4. The minimum absolute atomic E-state index is 0.0295. The number of carbonyl (C=O) groups excluding carboxylic acids is 1. The van der Waals surface area contributed by atoms with Crippen molar-refractivity contribution in [3.63, 3.8) is 0 Å². The summed E-state index contributed by atoms with van der Waals surface area (Å²) >= 11 is 1.27. The average molecular weight is 456 g/mol. The first-order valence-corrected chi connectivity index (χ1v) is 11.1. The first kappa shape index (κ1) is 23.3. The Morgan fingerprint density at radius 1 is 1.22 bits per heavy atom. The van der Waals surface area contributed by atoms with Crippen molar-refractivity contribution < 1.29 is 14.5 Å². The first-order valence-electron chi connectivity index (χ1n) is 10.1. The predicted octanol–water partition coefficient (Wildman–Crippen LogP) is 4.69. The fourth-order valence-electron chi connectivity index (χ4n) is 3.17. The maximum atomic E-state index is 12.3. The molecule has 3 rings (SSSR count). The fraction of sp³-hybridized carbons (Fsp3) is 0.318. The van der Waals surface area contributed by atoms with Crippen LogP contribution < -0.4 is 10.1 Å². The minimum Gasteiger partial charge on any atom is -0.482 e. The van der Waals surface area contributed by atoms with E-state index < -0.39 is 4.92 Å². The number of thioether (sulfide) groups is 1. The van der Waals surface area contributed by atoms with Crippen molar-refractivity contribution in [2.24, 2.45) is 0 Å². The number of hydrogen-bond donors (Lipinski definition) is 1. The van der Waals surface area contributed by atoms with Crippen LogP contribution in [-0.4, -0.2) is 31.3 Å². The van der Waals surface area contributed by atoms with E-state index in [2.05, 4.69) is 21.6 Å². The maximum Gasteiger partial charge on any atom is 0.269 e. The number of nitrogens with zero attached hydrogens (tertiary/aromatic N) is 4. The second-order valence-corrected chi connectivity index (χ2v) is 8.20. The van der Waals surface area contributed by atoms with E-state index in [4.69, 9.17) is 4.74 Å². The van der Waals surface area contributed by atoms with Crippen LogP contribution in [0.5, 0.6) is 5.75 Å². The topological polar surface area (TPSA) is 112 Å². The molecule has 0 saturated carbocycles. The molecule has 9 nitrogen and oxygen atoms in total. The number of aryl methyl sites for hydroxylation is 2. The molecule has 0 bridgehead atoms. The molecule has 1 aromatic heterocycles. The van der Waals surface area contributed by atoms with Crippen molar-refractivity contribution in [1.82, 2.24) is 14.8 Å². The Kier molecular flexibility index (Phi) is 7.47. The largest absolute Gasteiger partial charge is 0.482 e. The number of anilines is 1. The van der Waals surface area contributed by atoms with E-state index in [0.29, 0.717) is 23.2 Å². The van der Waals surface area contributed by atoms with E-state index in [9.17, 15) is 14.9 Å². The highest BCUT2D eigenvalue weighted by Gasteiger charge is 2.20. The maximum absolute atomic E-state index is 12.3. The van der Waals surface area contributed by atoms with E-state index in [1.165, 1.54) is 41.6 Å². The van der Waals surface area contributed by atoms with Gasteiger partial charge in [0.25, 0.3) is 5.69 Å². The Bertz CT molecular complexity index is 1110. The number of amides is 1. The molecule has 0 saturated heterocycles. The molecule has 0 aliphatic heterocycles.